The minimum atomic E-state index is -0.280. The largest absolute Gasteiger partial charge is 0.493 e. The van der Waals surface area contributed by atoms with E-state index in [1.807, 2.05) is 29.2 Å². The first-order valence-corrected chi connectivity index (χ1v) is 10.3. The van der Waals surface area contributed by atoms with Crippen molar-refractivity contribution in [1.82, 2.24) is 9.80 Å². The van der Waals surface area contributed by atoms with Gasteiger partial charge in [-0.3, -0.25) is 9.69 Å². The molecule has 0 radical (unpaired) electrons. The molecule has 1 fully saturated rings. The highest BCUT2D eigenvalue weighted by atomic mass is 32.1. The van der Waals surface area contributed by atoms with E-state index in [9.17, 15) is 9.18 Å². The van der Waals surface area contributed by atoms with Gasteiger partial charge in [-0.2, -0.15) is 0 Å². The fourth-order valence-corrected chi connectivity index (χ4v) is 4.68. The van der Waals surface area contributed by atoms with Crippen LogP contribution in [0.25, 0.3) is 10.1 Å². The van der Waals surface area contributed by atoms with Gasteiger partial charge in [0.25, 0.3) is 5.91 Å². The molecule has 1 aliphatic rings. The van der Waals surface area contributed by atoms with Crippen molar-refractivity contribution in [3.8, 4) is 11.5 Å². The van der Waals surface area contributed by atoms with Crippen molar-refractivity contribution in [1.29, 1.82) is 0 Å². The predicted molar refractivity (Wildman–Crippen MR) is 113 cm³/mol. The Hall–Kier alpha value is -2.64. The molecule has 2 heterocycles. The molecule has 1 saturated heterocycles. The van der Waals surface area contributed by atoms with Crippen molar-refractivity contribution in [2.75, 3.05) is 40.4 Å². The Morgan fingerprint density at radius 1 is 1.03 bits per heavy atom. The molecule has 1 aliphatic heterocycles. The van der Waals surface area contributed by atoms with E-state index >= 15 is 0 Å². The number of hydrogen-bond acceptors (Lipinski definition) is 5. The monoisotopic (exact) mass is 414 g/mol. The van der Waals surface area contributed by atoms with Gasteiger partial charge in [0.05, 0.1) is 19.1 Å². The van der Waals surface area contributed by atoms with Crippen LogP contribution in [0, 0.1) is 5.82 Å². The number of halogens is 1. The first-order valence-electron chi connectivity index (χ1n) is 9.49. The van der Waals surface area contributed by atoms with Crippen LogP contribution < -0.4 is 9.47 Å². The molecule has 4 rings (SSSR count). The van der Waals surface area contributed by atoms with Gasteiger partial charge in [0, 0.05) is 42.8 Å². The molecule has 0 bridgehead atoms. The summed E-state index contributed by atoms with van der Waals surface area (Å²) in [5, 5.41) is 0.521. The summed E-state index contributed by atoms with van der Waals surface area (Å²) in [5.74, 6) is 1.14. The van der Waals surface area contributed by atoms with Crippen molar-refractivity contribution in [2.24, 2.45) is 0 Å². The van der Waals surface area contributed by atoms with Crippen molar-refractivity contribution in [3.63, 3.8) is 0 Å². The summed E-state index contributed by atoms with van der Waals surface area (Å²) in [6.07, 6.45) is 0. The molecule has 5 nitrogen and oxygen atoms in total. The molecule has 1 amide bonds. The van der Waals surface area contributed by atoms with E-state index in [-0.39, 0.29) is 11.7 Å². The number of amides is 1. The normalized spacial score (nSPS) is 14.9. The predicted octanol–water partition coefficient (Wildman–Crippen LogP) is 4.02. The number of piperazine rings is 1. The molecule has 0 N–H and O–H groups in total. The molecular weight excluding hydrogens is 391 g/mol. The fraction of sp³-hybridized carbons (Fsp3) is 0.318. The molecule has 29 heavy (non-hydrogen) atoms. The van der Waals surface area contributed by atoms with E-state index < -0.39 is 0 Å². The maximum atomic E-state index is 13.9. The number of ether oxygens (including phenoxy) is 2. The first kappa shape index (κ1) is 19.7. The topological polar surface area (TPSA) is 42.0 Å². The molecule has 1 aromatic heterocycles. The van der Waals surface area contributed by atoms with Crippen LogP contribution in [0.2, 0.25) is 0 Å². The highest BCUT2D eigenvalue weighted by Crippen LogP contribution is 2.30. The Labute approximate surface area is 173 Å². The number of carbonyl (C=O) groups excluding carboxylic acids is 1. The second-order valence-electron chi connectivity index (χ2n) is 7.02. The lowest BCUT2D eigenvalue weighted by Crippen LogP contribution is -2.48. The van der Waals surface area contributed by atoms with Crippen LogP contribution in [0.5, 0.6) is 11.5 Å². The van der Waals surface area contributed by atoms with Crippen molar-refractivity contribution in [2.45, 2.75) is 6.54 Å². The van der Waals surface area contributed by atoms with E-state index in [0.717, 1.165) is 35.6 Å². The zero-order valence-corrected chi connectivity index (χ0v) is 17.3. The highest BCUT2D eigenvalue weighted by molar-refractivity contribution is 7.20. The van der Waals surface area contributed by atoms with E-state index in [1.165, 1.54) is 17.4 Å². The molecule has 3 aromatic rings. The first-order chi connectivity index (χ1) is 14.1. The number of carbonyl (C=O) groups is 1. The van der Waals surface area contributed by atoms with Crippen molar-refractivity contribution in [3.05, 3.63) is 58.7 Å². The Balaban J connectivity index is 1.38. The summed E-state index contributed by atoms with van der Waals surface area (Å²) < 4.78 is 25.4. The number of benzene rings is 2. The van der Waals surface area contributed by atoms with Crippen LogP contribution in [-0.2, 0) is 6.54 Å². The van der Waals surface area contributed by atoms with E-state index in [4.69, 9.17) is 9.47 Å². The van der Waals surface area contributed by atoms with Gasteiger partial charge in [0.1, 0.15) is 5.82 Å². The molecule has 0 aliphatic carbocycles. The summed E-state index contributed by atoms with van der Waals surface area (Å²) >= 11 is 1.35. The Bertz CT molecular complexity index is 1030. The third-order valence-corrected chi connectivity index (χ3v) is 6.32. The molecule has 7 heteroatoms. The maximum Gasteiger partial charge on any atom is 0.264 e. The van der Waals surface area contributed by atoms with Gasteiger partial charge in [-0.25, -0.2) is 4.39 Å². The summed E-state index contributed by atoms with van der Waals surface area (Å²) in [4.78, 5) is 17.6. The standard InChI is InChI=1S/C22H23FN2O3S/c1-27-18-7-6-15(12-19(18)28-2)14-24-8-10-25(11-9-24)22(26)21-13-16-17(23)4-3-5-20(16)29-21/h3-7,12-13H,8-11,14H2,1-2H3. The highest BCUT2D eigenvalue weighted by Gasteiger charge is 2.24. The Morgan fingerprint density at radius 2 is 1.79 bits per heavy atom. The number of rotatable bonds is 5. The van der Waals surface area contributed by atoms with Gasteiger partial charge in [-0.1, -0.05) is 12.1 Å². The van der Waals surface area contributed by atoms with Crippen LogP contribution in [0.4, 0.5) is 4.39 Å². The number of fused-ring (bicyclic) bond motifs is 1. The Morgan fingerprint density at radius 3 is 2.48 bits per heavy atom. The molecule has 0 unspecified atom stereocenters. The van der Waals surface area contributed by atoms with Crippen LogP contribution in [0.3, 0.4) is 0 Å². The summed E-state index contributed by atoms with van der Waals surface area (Å²) in [7, 11) is 3.25. The molecule has 0 saturated carbocycles. The zero-order valence-electron chi connectivity index (χ0n) is 16.5. The van der Waals surface area contributed by atoms with Crippen LogP contribution >= 0.6 is 11.3 Å². The molecule has 0 spiro atoms. The molecule has 2 aromatic carbocycles. The minimum Gasteiger partial charge on any atom is -0.493 e. The van der Waals surface area contributed by atoms with Gasteiger partial charge in [0.2, 0.25) is 0 Å². The van der Waals surface area contributed by atoms with Gasteiger partial charge in [-0.05, 0) is 35.9 Å². The number of thiophene rings is 1. The molecule has 0 atom stereocenters. The smallest absolute Gasteiger partial charge is 0.264 e. The quantitative estimate of drug-likeness (QED) is 0.633. The minimum absolute atomic E-state index is 0.0173. The van der Waals surface area contributed by atoms with E-state index in [1.54, 1.807) is 26.4 Å². The SMILES string of the molecule is COc1ccc(CN2CCN(C(=O)c3cc4c(F)cccc4s3)CC2)cc1OC. The summed E-state index contributed by atoms with van der Waals surface area (Å²) in [5.41, 5.74) is 1.14. The number of methoxy groups -OCH3 is 2. The second-order valence-corrected chi connectivity index (χ2v) is 8.10. The van der Waals surface area contributed by atoms with Gasteiger partial charge < -0.3 is 14.4 Å². The van der Waals surface area contributed by atoms with Gasteiger partial charge in [-0.15, -0.1) is 11.3 Å². The summed E-state index contributed by atoms with van der Waals surface area (Å²) in [6, 6.07) is 12.6. The average molecular weight is 415 g/mol. The lowest BCUT2D eigenvalue weighted by atomic mass is 10.1. The lowest BCUT2D eigenvalue weighted by Gasteiger charge is -2.34. The Kier molecular flexibility index (Phi) is 5.69. The van der Waals surface area contributed by atoms with Gasteiger partial charge >= 0.3 is 0 Å². The summed E-state index contributed by atoms with van der Waals surface area (Å²) in [6.45, 7) is 3.68. The lowest BCUT2D eigenvalue weighted by molar-refractivity contribution is 0.0633. The maximum absolute atomic E-state index is 13.9. The van der Waals surface area contributed by atoms with Crippen molar-refractivity contribution < 1.29 is 18.7 Å². The molecule has 152 valence electrons. The van der Waals surface area contributed by atoms with Crippen LogP contribution in [0.15, 0.2) is 42.5 Å². The average Bonchev–Trinajstić information content (AvgIpc) is 3.19. The van der Waals surface area contributed by atoms with Crippen molar-refractivity contribution >= 4 is 27.3 Å². The van der Waals surface area contributed by atoms with Gasteiger partial charge in [0.15, 0.2) is 11.5 Å². The van der Waals surface area contributed by atoms with E-state index in [2.05, 4.69) is 4.90 Å². The van der Waals surface area contributed by atoms with E-state index in [0.29, 0.717) is 29.1 Å². The fourth-order valence-electron chi connectivity index (χ4n) is 3.63. The number of nitrogens with zero attached hydrogens (tertiary/aromatic N) is 2. The molecular formula is C22H23FN2O3S. The number of hydrogen-bond donors (Lipinski definition) is 0. The van der Waals surface area contributed by atoms with Crippen LogP contribution in [-0.4, -0.2) is 56.1 Å². The third-order valence-electron chi connectivity index (χ3n) is 5.23. The zero-order chi connectivity index (χ0) is 20.4. The van der Waals surface area contributed by atoms with Crippen LogP contribution in [0.1, 0.15) is 15.2 Å². The second kappa shape index (κ2) is 8.39. The third kappa shape index (κ3) is 4.06.